The maximum atomic E-state index is 13.4. The van der Waals surface area contributed by atoms with Crippen molar-refractivity contribution in [3.63, 3.8) is 0 Å². The van der Waals surface area contributed by atoms with E-state index in [2.05, 4.69) is 0 Å². The van der Waals surface area contributed by atoms with Gasteiger partial charge in [0.15, 0.2) is 4.90 Å². The van der Waals surface area contributed by atoms with Gasteiger partial charge in [0.25, 0.3) is 15.7 Å². The topological polar surface area (TPSA) is 80.5 Å². The first-order valence-electron chi connectivity index (χ1n) is 8.38. The van der Waals surface area contributed by atoms with Gasteiger partial charge in [-0.25, -0.2) is 8.42 Å². The summed E-state index contributed by atoms with van der Waals surface area (Å²) < 4.78 is 27.9. The smallest absolute Gasteiger partial charge is 0.262 e. The van der Waals surface area contributed by atoms with Gasteiger partial charge < -0.3 is 0 Å². The van der Waals surface area contributed by atoms with Crippen LogP contribution < -0.4 is 4.31 Å². The number of halogens is 1. The first-order chi connectivity index (χ1) is 13.4. The van der Waals surface area contributed by atoms with Crippen LogP contribution in [0.4, 0.5) is 11.4 Å². The molecule has 8 heteroatoms. The fourth-order valence-electron chi connectivity index (χ4n) is 2.75. The van der Waals surface area contributed by atoms with Crippen molar-refractivity contribution in [1.29, 1.82) is 0 Å². The molecule has 28 heavy (non-hydrogen) atoms. The first-order valence-corrected chi connectivity index (χ1v) is 10.4. The second kappa shape index (κ2) is 8.41. The van der Waals surface area contributed by atoms with Crippen LogP contribution in [0.2, 0.25) is 0 Å². The summed E-state index contributed by atoms with van der Waals surface area (Å²) in [5.41, 5.74) is 1.61. The molecule has 0 spiro atoms. The van der Waals surface area contributed by atoms with Crippen LogP contribution in [0.5, 0.6) is 0 Å². The van der Waals surface area contributed by atoms with Crippen molar-refractivity contribution in [2.75, 3.05) is 4.31 Å². The van der Waals surface area contributed by atoms with E-state index in [0.29, 0.717) is 11.6 Å². The number of alkyl halides is 1. The number of anilines is 1. The van der Waals surface area contributed by atoms with Gasteiger partial charge in [0, 0.05) is 11.9 Å². The van der Waals surface area contributed by atoms with Gasteiger partial charge in [-0.05, 0) is 29.3 Å². The van der Waals surface area contributed by atoms with Crippen molar-refractivity contribution in [3.8, 4) is 0 Å². The summed E-state index contributed by atoms with van der Waals surface area (Å²) >= 11 is 5.81. The number of hydrogen-bond acceptors (Lipinski definition) is 4. The zero-order valence-electron chi connectivity index (χ0n) is 14.7. The third kappa shape index (κ3) is 4.16. The molecule has 0 aliphatic carbocycles. The van der Waals surface area contributed by atoms with E-state index in [0.717, 1.165) is 11.1 Å². The van der Waals surface area contributed by atoms with Gasteiger partial charge in [0.05, 0.1) is 17.2 Å². The molecule has 0 N–H and O–H groups in total. The zero-order chi connectivity index (χ0) is 20.1. The first kappa shape index (κ1) is 19.9. The number of nitro benzene ring substituents is 1. The molecule has 3 aromatic carbocycles. The highest BCUT2D eigenvalue weighted by Gasteiger charge is 2.31. The molecule has 0 atom stereocenters. The highest BCUT2D eigenvalue weighted by Crippen LogP contribution is 2.31. The molecule has 3 rings (SSSR count). The maximum absolute atomic E-state index is 13.4. The molecule has 0 fully saturated rings. The number of para-hydroxylation sites is 2. The molecule has 0 aliphatic heterocycles. The lowest BCUT2D eigenvalue weighted by atomic mass is 10.1. The summed E-state index contributed by atoms with van der Waals surface area (Å²) in [6.45, 7) is 0.0287. The van der Waals surface area contributed by atoms with Gasteiger partial charge in [-0.2, -0.15) is 0 Å². The Labute approximate surface area is 168 Å². The van der Waals surface area contributed by atoms with Crippen LogP contribution in [0.15, 0.2) is 83.8 Å². The zero-order valence-corrected chi connectivity index (χ0v) is 16.3. The lowest BCUT2D eigenvalue weighted by Crippen LogP contribution is -2.31. The number of sulfonamides is 1. The number of benzene rings is 3. The molecule has 0 saturated carbocycles. The van der Waals surface area contributed by atoms with Crippen molar-refractivity contribution < 1.29 is 13.3 Å². The number of hydrogen-bond donors (Lipinski definition) is 0. The molecule has 0 aliphatic rings. The van der Waals surface area contributed by atoms with Crippen molar-refractivity contribution in [1.82, 2.24) is 0 Å². The Bertz CT molecular complexity index is 1070. The Morgan fingerprint density at radius 2 is 1.43 bits per heavy atom. The predicted octanol–water partition coefficient (Wildman–Crippen LogP) is 4.73. The lowest BCUT2D eigenvalue weighted by molar-refractivity contribution is -0.387. The van der Waals surface area contributed by atoms with Crippen LogP contribution in [-0.4, -0.2) is 13.3 Å². The molecule has 3 aromatic rings. The van der Waals surface area contributed by atoms with Crippen molar-refractivity contribution in [3.05, 3.63) is 100 Å². The van der Waals surface area contributed by atoms with E-state index in [1.165, 1.54) is 28.6 Å². The van der Waals surface area contributed by atoms with E-state index in [4.69, 9.17) is 11.6 Å². The molecule has 0 unspecified atom stereocenters. The summed E-state index contributed by atoms with van der Waals surface area (Å²) in [6.07, 6.45) is 0. The van der Waals surface area contributed by atoms with Gasteiger partial charge in [-0.15, -0.1) is 11.6 Å². The van der Waals surface area contributed by atoms with Crippen molar-refractivity contribution in [2.45, 2.75) is 17.3 Å². The second-order valence-electron chi connectivity index (χ2n) is 6.02. The Morgan fingerprint density at radius 1 is 0.857 bits per heavy atom. The van der Waals surface area contributed by atoms with Gasteiger partial charge in [-0.3, -0.25) is 14.4 Å². The van der Waals surface area contributed by atoms with E-state index in [1.807, 2.05) is 12.1 Å². The van der Waals surface area contributed by atoms with Gasteiger partial charge in [0.2, 0.25) is 0 Å². The van der Waals surface area contributed by atoms with Crippen LogP contribution >= 0.6 is 11.6 Å². The van der Waals surface area contributed by atoms with E-state index in [1.54, 1.807) is 42.5 Å². The molecule has 0 aromatic heterocycles. The van der Waals surface area contributed by atoms with Gasteiger partial charge >= 0.3 is 0 Å². The van der Waals surface area contributed by atoms with Crippen molar-refractivity contribution >= 4 is 33.0 Å². The lowest BCUT2D eigenvalue weighted by Gasteiger charge is -2.24. The molecule has 0 heterocycles. The Kier molecular flexibility index (Phi) is 5.96. The number of rotatable bonds is 7. The summed E-state index contributed by atoms with van der Waals surface area (Å²) in [4.78, 5) is 10.3. The molecule has 0 radical (unpaired) electrons. The normalized spacial score (nSPS) is 11.2. The number of nitro groups is 1. The standard InChI is InChI=1S/C20H17ClN2O4S/c21-14-16-10-12-17(13-11-16)15-22(18-6-2-1-3-7-18)28(26,27)20-9-5-4-8-19(20)23(24)25/h1-13H,14-15H2. The predicted molar refractivity (Wildman–Crippen MR) is 109 cm³/mol. The van der Waals surface area contributed by atoms with Gasteiger partial charge in [0.1, 0.15) is 0 Å². The minimum Gasteiger partial charge on any atom is -0.262 e. The molecule has 0 amide bonds. The molecule has 0 bridgehead atoms. The van der Waals surface area contributed by atoms with E-state index in [-0.39, 0.29) is 11.4 Å². The van der Waals surface area contributed by atoms with Crippen LogP contribution in [0.1, 0.15) is 11.1 Å². The van der Waals surface area contributed by atoms with Crippen LogP contribution in [0, 0.1) is 10.1 Å². The van der Waals surface area contributed by atoms with E-state index in [9.17, 15) is 18.5 Å². The summed E-state index contributed by atoms with van der Waals surface area (Å²) in [7, 11) is -4.18. The minimum atomic E-state index is -4.18. The Balaban J connectivity index is 2.09. The quantitative estimate of drug-likeness (QED) is 0.317. The maximum Gasteiger partial charge on any atom is 0.289 e. The highest BCUT2D eigenvalue weighted by atomic mass is 35.5. The monoisotopic (exact) mass is 416 g/mol. The third-order valence-corrected chi connectivity index (χ3v) is 6.31. The van der Waals surface area contributed by atoms with E-state index < -0.39 is 20.6 Å². The third-order valence-electron chi connectivity index (χ3n) is 4.18. The van der Waals surface area contributed by atoms with Crippen LogP contribution in [0.25, 0.3) is 0 Å². The second-order valence-corrected chi connectivity index (χ2v) is 8.12. The molecule has 6 nitrogen and oxygen atoms in total. The summed E-state index contributed by atoms with van der Waals surface area (Å²) in [6, 6.07) is 21.1. The fraction of sp³-hybridized carbons (Fsp3) is 0.100. The Morgan fingerprint density at radius 3 is 2.04 bits per heavy atom. The van der Waals surface area contributed by atoms with Crippen LogP contribution in [-0.2, 0) is 22.4 Å². The average molecular weight is 417 g/mol. The van der Waals surface area contributed by atoms with Crippen LogP contribution in [0.3, 0.4) is 0 Å². The number of nitrogens with zero attached hydrogens (tertiary/aromatic N) is 2. The average Bonchev–Trinajstić information content (AvgIpc) is 2.73. The Hall–Kier alpha value is -2.90. The molecule has 144 valence electrons. The molecule has 0 saturated heterocycles. The van der Waals surface area contributed by atoms with Gasteiger partial charge in [-0.1, -0.05) is 54.6 Å². The summed E-state index contributed by atoms with van der Waals surface area (Å²) in [5.74, 6) is 0.358. The molecular formula is C20H17ClN2O4S. The summed E-state index contributed by atoms with van der Waals surface area (Å²) in [5, 5.41) is 11.4. The SMILES string of the molecule is O=[N+]([O-])c1ccccc1S(=O)(=O)N(Cc1ccc(CCl)cc1)c1ccccc1. The fourth-order valence-corrected chi connectivity index (χ4v) is 4.55. The minimum absolute atomic E-state index is 0.0287. The molecular weight excluding hydrogens is 400 g/mol. The van der Waals surface area contributed by atoms with Crippen molar-refractivity contribution in [2.24, 2.45) is 0 Å². The highest BCUT2D eigenvalue weighted by molar-refractivity contribution is 7.93. The largest absolute Gasteiger partial charge is 0.289 e. The van der Waals surface area contributed by atoms with E-state index >= 15 is 0 Å².